The van der Waals surface area contributed by atoms with Crippen molar-refractivity contribution in [2.24, 2.45) is 0 Å². The van der Waals surface area contributed by atoms with Crippen LogP contribution in [0.1, 0.15) is 85.8 Å². The van der Waals surface area contributed by atoms with Crippen LogP contribution in [0.2, 0.25) is 0 Å². The van der Waals surface area contributed by atoms with E-state index in [4.69, 9.17) is 0 Å². The quantitative estimate of drug-likeness (QED) is 0.540. The van der Waals surface area contributed by atoms with Gasteiger partial charge in [-0.15, -0.1) is 0 Å². The van der Waals surface area contributed by atoms with Crippen LogP contribution in [-0.2, 0) is 6.42 Å². The van der Waals surface area contributed by atoms with E-state index < -0.39 is 0 Å². The molecular weight excluding hydrogens is 216 g/mol. The molecule has 0 fully saturated rings. The van der Waals surface area contributed by atoms with Gasteiger partial charge in [0.05, 0.1) is 0 Å². The van der Waals surface area contributed by atoms with E-state index in [1.165, 1.54) is 17.5 Å². The van der Waals surface area contributed by atoms with E-state index in [1.54, 1.807) is 0 Å². The van der Waals surface area contributed by atoms with Gasteiger partial charge in [0, 0.05) is 0 Å². The maximum absolute atomic E-state index is 2.30. The van der Waals surface area contributed by atoms with Crippen LogP contribution in [0.5, 0.6) is 0 Å². The van der Waals surface area contributed by atoms with Gasteiger partial charge < -0.3 is 0 Å². The summed E-state index contributed by atoms with van der Waals surface area (Å²) < 4.78 is 0. The maximum Gasteiger partial charge on any atom is -0.0219 e. The highest BCUT2D eigenvalue weighted by atomic mass is 14.0. The Bertz CT molecular complexity index is 236. The molecule has 18 heavy (non-hydrogen) atoms. The van der Waals surface area contributed by atoms with Gasteiger partial charge >= 0.3 is 0 Å². The van der Waals surface area contributed by atoms with Crippen LogP contribution in [0.4, 0.5) is 0 Å². The van der Waals surface area contributed by atoms with E-state index in [0.29, 0.717) is 5.92 Å². The standard InChI is InChI=1S/C11H16.C3H8.2C2H6/c1-4-10-6-5-7-11(8-10)9(2)3;1-3-2;2*1-2/h5-9H,4H2,1-3H3;3H2,1-2H3;2*1-2H3. The Hall–Kier alpha value is -0.780. The summed E-state index contributed by atoms with van der Waals surface area (Å²) >= 11 is 0. The molecule has 0 amide bonds. The molecule has 0 aromatic heterocycles. The third-order valence-corrected chi connectivity index (χ3v) is 2.03. The van der Waals surface area contributed by atoms with E-state index in [0.717, 1.165) is 6.42 Å². The van der Waals surface area contributed by atoms with Crippen molar-refractivity contribution >= 4 is 0 Å². The van der Waals surface area contributed by atoms with Crippen molar-refractivity contribution in [3.8, 4) is 0 Å². The van der Waals surface area contributed by atoms with Gasteiger partial charge in [0.15, 0.2) is 0 Å². The van der Waals surface area contributed by atoms with Crippen LogP contribution in [0.15, 0.2) is 24.3 Å². The molecule has 0 radical (unpaired) electrons. The highest BCUT2D eigenvalue weighted by Crippen LogP contribution is 2.15. The third-order valence-electron chi connectivity index (χ3n) is 2.03. The van der Waals surface area contributed by atoms with Crippen molar-refractivity contribution in [2.45, 2.75) is 81.1 Å². The van der Waals surface area contributed by atoms with Crippen LogP contribution in [0, 0.1) is 0 Å². The fourth-order valence-corrected chi connectivity index (χ4v) is 1.17. The number of hydrogen-bond donors (Lipinski definition) is 0. The zero-order valence-corrected chi connectivity index (χ0v) is 14.3. The molecule has 1 aromatic carbocycles. The van der Waals surface area contributed by atoms with E-state index >= 15 is 0 Å². The Morgan fingerprint density at radius 3 is 1.67 bits per heavy atom. The summed E-state index contributed by atoms with van der Waals surface area (Å²) in [6, 6.07) is 8.83. The molecule has 1 aromatic rings. The van der Waals surface area contributed by atoms with E-state index in [1.807, 2.05) is 27.7 Å². The molecule has 0 nitrogen and oxygen atoms in total. The molecule has 0 N–H and O–H groups in total. The van der Waals surface area contributed by atoms with Gasteiger partial charge in [-0.1, -0.05) is 93.0 Å². The first-order valence-electron chi connectivity index (χ1n) is 7.74. The summed E-state index contributed by atoms with van der Waals surface area (Å²) in [5, 5.41) is 0. The Kier molecular flexibility index (Phi) is 23.1. The molecule has 0 bridgehead atoms. The lowest BCUT2D eigenvalue weighted by Gasteiger charge is -2.05. The van der Waals surface area contributed by atoms with E-state index in [9.17, 15) is 0 Å². The van der Waals surface area contributed by atoms with E-state index in [2.05, 4.69) is 58.9 Å². The maximum atomic E-state index is 2.30. The minimum Gasteiger partial charge on any atom is -0.0683 e. The topological polar surface area (TPSA) is 0 Å². The molecule has 0 aliphatic rings. The zero-order valence-electron chi connectivity index (χ0n) is 14.3. The van der Waals surface area contributed by atoms with Crippen molar-refractivity contribution in [1.29, 1.82) is 0 Å². The number of hydrogen-bond acceptors (Lipinski definition) is 0. The lowest BCUT2D eigenvalue weighted by molar-refractivity contribution is 0.862. The summed E-state index contributed by atoms with van der Waals surface area (Å²) in [6.45, 7) is 18.9. The Morgan fingerprint density at radius 1 is 0.889 bits per heavy atom. The third kappa shape index (κ3) is 13.3. The van der Waals surface area contributed by atoms with Crippen molar-refractivity contribution in [3.05, 3.63) is 35.4 Å². The largest absolute Gasteiger partial charge is 0.0683 e. The monoisotopic (exact) mass is 252 g/mol. The first kappa shape index (κ1) is 22.4. The second kappa shape index (κ2) is 18.6. The fraction of sp³-hybridized carbons (Fsp3) is 0.667. The predicted molar refractivity (Wildman–Crippen MR) is 88.6 cm³/mol. The van der Waals surface area contributed by atoms with Gasteiger partial charge in [-0.05, 0) is 23.5 Å². The normalized spacial score (nSPS) is 8.11. The van der Waals surface area contributed by atoms with Gasteiger partial charge in [-0.25, -0.2) is 0 Å². The summed E-state index contributed by atoms with van der Waals surface area (Å²) in [6.07, 6.45) is 2.39. The molecule has 0 saturated carbocycles. The van der Waals surface area contributed by atoms with Crippen LogP contribution in [0.3, 0.4) is 0 Å². The lowest BCUT2D eigenvalue weighted by atomic mass is 10.0. The van der Waals surface area contributed by atoms with Crippen molar-refractivity contribution in [2.75, 3.05) is 0 Å². The molecule has 0 heteroatoms. The average molecular weight is 252 g/mol. The van der Waals surface area contributed by atoms with Crippen molar-refractivity contribution in [1.82, 2.24) is 0 Å². The number of benzene rings is 1. The number of rotatable bonds is 2. The van der Waals surface area contributed by atoms with Crippen LogP contribution >= 0.6 is 0 Å². The fourth-order valence-electron chi connectivity index (χ4n) is 1.17. The molecule has 1 rings (SSSR count). The van der Waals surface area contributed by atoms with Crippen molar-refractivity contribution in [3.63, 3.8) is 0 Å². The molecule has 0 atom stereocenters. The SMILES string of the molecule is CC.CC.CCC.CCc1cccc(C(C)C)c1. The second-order valence-corrected chi connectivity index (χ2v) is 3.96. The molecule has 0 saturated heterocycles. The summed E-state index contributed by atoms with van der Waals surface area (Å²) in [7, 11) is 0. The minimum absolute atomic E-state index is 0.654. The molecule has 0 spiro atoms. The molecule has 0 unspecified atom stereocenters. The van der Waals surface area contributed by atoms with Gasteiger partial charge in [0.25, 0.3) is 0 Å². The van der Waals surface area contributed by atoms with Crippen LogP contribution < -0.4 is 0 Å². The first-order chi connectivity index (χ1) is 8.65. The van der Waals surface area contributed by atoms with Crippen LogP contribution in [0.25, 0.3) is 0 Å². The summed E-state index contributed by atoms with van der Waals surface area (Å²) in [5.74, 6) is 0.654. The molecule has 108 valence electrons. The first-order valence-corrected chi connectivity index (χ1v) is 7.74. The molecule has 0 heterocycles. The average Bonchev–Trinajstić information content (AvgIpc) is 2.44. The Morgan fingerprint density at radius 2 is 1.33 bits per heavy atom. The highest BCUT2D eigenvalue weighted by Gasteiger charge is 1.97. The Balaban J connectivity index is -0.000000274. The van der Waals surface area contributed by atoms with Gasteiger partial charge in [-0.3, -0.25) is 0 Å². The van der Waals surface area contributed by atoms with Gasteiger partial charge in [-0.2, -0.15) is 0 Å². The van der Waals surface area contributed by atoms with Crippen molar-refractivity contribution < 1.29 is 0 Å². The Labute approximate surface area is 117 Å². The molecular formula is C18H36. The van der Waals surface area contributed by atoms with Gasteiger partial charge in [0.1, 0.15) is 0 Å². The van der Waals surface area contributed by atoms with Gasteiger partial charge in [0.2, 0.25) is 0 Å². The smallest absolute Gasteiger partial charge is 0.0219 e. The lowest BCUT2D eigenvalue weighted by Crippen LogP contribution is -1.88. The predicted octanol–water partition coefficient (Wildman–Crippen LogP) is 6.84. The van der Waals surface area contributed by atoms with Crippen LogP contribution in [-0.4, -0.2) is 0 Å². The molecule has 0 aliphatic heterocycles. The van der Waals surface area contributed by atoms with E-state index in [-0.39, 0.29) is 0 Å². The summed E-state index contributed by atoms with van der Waals surface area (Å²) in [4.78, 5) is 0. The highest BCUT2D eigenvalue weighted by molar-refractivity contribution is 5.25. The minimum atomic E-state index is 0.654. The zero-order chi connectivity index (χ0) is 15.0. The number of aryl methyl sites for hydroxylation is 1. The second-order valence-electron chi connectivity index (χ2n) is 3.96. The summed E-state index contributed by atoms with van der Waals surface area (Å²) in [5.41, 5.74) is 2.89. The molecule has 0 aliphatic carbocycles.